The van der Waals surface area contributed by atoms with E-state index in [0.29, 0.717) is 49.7 Å². The van der Waals surface area contributed by atoms with Gasteiger partial charge >= 0.3 is 0 Å². The van der Waals surface area contributed by atoms with Crippen LogP contribution in [0.2, 0.25) is 0 Å². The third-order valence-electron chi connectivity index (χ3n) is 8.46. The van der Waals surface area contributed by atoms with E-state index in [4.69, 9.17) is 18.9 Å². The molecule has 0 spiro atoms. The monoisotopic (exact) mass is 642 g/mol. The standard InChI is InChI=1S/C37H46N4O6/c1-39(2)23-24-41-32-10-6-5-9-31(32)35(36(41)37(43)38-20-8-22-40-21-7-11-33(40)42)34(27-12-16-29(17-13-27)46-25-44-3)28-14-18-30(19-15-28)47-26-45-4/h5-6,9-10,12-19,34H,7-8,11,20-26H2,1-4H3,(H,38,43). The highest BCUT2D eigenvalue weighted by atomic mass is 16.7. The fourth-order valence-corrected chi connectivity index (χ4v) is 6.19. The van der Waals surface area contributed by atoms with E-state index in [2.05, 4.69) is 26.9 Å². The van der Waals surface area contributed by atoms with Gasteiger partial charge in [0.25, 0.3) is 5.91 Å². The Bertz CT molecular complexity index is 1570. The van der Waals surface area contributed by atoms with Crippen LogP contribution in [0.5, 0.6) is 11.5 Å². The number of benzene rings is 3. The van der Waals surface area contributed by atoms with E-state index in [-0.39, 0.29) is 31.3 Å². The van der Waals surface area contributed by atoms with Crippen molar-refractivity contribution in [1.82, 2.24) is 19.7 Å². The SMILES string of the molecule is COCOc1ccc(C(c2ccc(OCOC)cc2)c2c(C(=O)NCCCN3CCCC3=O)n(CCN(C)C)c3ccccc23)cc1. The van der Waals surface area contributed by atoms with E-state index >= 15 is 0 Å². The molecule has 4 aromatic rings. The van der Waals surface area contributed by atoms with E-state index in [0.717, 1.165) is 47.1 Å². The lowest BCUT2D eigenvalue weighted by atomic mass is 9.83. The van der Waals surface area contributed by atoms with Crippen molar-refractivity contribution in [2.45, 2.75) is 31.7 Å². The van der Waals surface area contributed by atoms with Crippen LogP contribution in [-0.2, 0) is 20.8 Å². The molecule has 5 rings (SSSR count). The molecular weight excluding hydrogens is 596 g/mol. The first-order valence-electron chi connectivity index (χ1n) is 16.2. The Morgan fingerprint density at radius 3 is 2.04 bits per heavy atom. The van der Waals surface area contributed by atoms with Crippen molar-refractivity contribution in [2.75, 3.05) is 68.1 Å². The quantitative estimate of drug-likeness (QED) is 0.127. The summed E-state index contributed by atoms with van der Waals surface area (Å²) in [6, 6.07) is 24.2. The summed E-state index contributed by atoms with van der Waals surface area (Å²) in [7, 11) is 7.26. The summed E-state index contributed by atoms with van der Waals surface area (Å²) in [5.74, 6) is 1.17. The number of rotatable bonds is 17. The van der Waals surface area contributed by atoms with Crippen LogP contribution in [0.4, 0.5) is 0 Å². The highest BCUT2D eigenvalue weighted by Gasteiger charge is 2.30. The van der Waals surface area contributed by atoms with Gasteiger partial charge in [-0.05, 0) is 68.4 Å². The van der Waals surface area contributed by atoms with Gasteiger partial charge in [0, 0.05) is 75.7 Å². The number of ether oxygens (including phenoxy) is 4. The van der Waals surface area contributed by atoms with Gasteiger partial charge in [-0.2, -0.15) is 0 Å². The molecule has 1 aromatic heterocycles. The van der Waals surface area contributed by atoms with Gasteiger partial charge in [0.2, 0.25) is 5.91 Å². The Morgan fingerprint density at radius 2 is 1.49 bits per heavy atom. The third-order valence-corrected chi connectivity index (χ3v) is 8.46. The second kappa shape index (κ2) is 16.4. The third kappa shape index (κ3) is 8.32. The van der Waals surface area contributed by atoms with Crippen LogP contribution in [0.15, 0.2) is 72.8 Å². The minimum atomic E-state index is -0.281. The lowest BCUT2D eigenvalue weighted by Crippen LogP contribution is -2.32. The number of likely N-dealkylation sites (N-methyl/N-ethyl adjacent to an activating group) is 1. The van der Waals surface area contributed by atoms with Gasteiger partial charge in [-0.1, -0.05) is 42.5 Å². The van der Waals surface area contributed by atoms with Gasteiger partial charge in [0.15, 0.2) is 13.6 Å². The Kier molecular flexibility index (Phi) is 11.9. The van der Waals surface area contributed by atoms with Crippen LogP contribution in [-0.4, -0.2) is 94.3 Å². The zero-order valence-electron chi connectivity index (χ0n) is 27.9. The number of hydrogen-bond donors (Lipinski definition) is 1. The van der Waals surface area contributed by atoms with Gasteiger partial charge in [-0.3, -0.25) is 9.59 Å². The maximum absolute atomic E-state index is 14.4. The minimum absolute atomic E-state index is 0.132. The smallest absolute Gasteiger partial charge is 0.268 e. The molecule has 0 aliphatic carbocycles. The van der Waals surface area contributed by atoms with Crippen molar-refractivity contribution in [3.8, 4) is 11.5 Å². The molecule has 1 aliphatic rings. The average Bonchev–Trinajstić information content (AvgIpc) is 3.65. The molecule has 1 saturated heterocycles. The van der Waals surface area contributed by atoms with Crippen LogP contribution >= 0.6 is 0 Å². The number of nitrogens with zero attached hydrogens (tertiary/aromatic N) is 3. The lowest BCUT2D eigenvalue weighted by Gasteiger charge is -2.22. The molecule has 1 fully saturated rings. The molecule has 0 atom stereocenters. The highest BCUT2D eigenvalue weighted by Crippen LogP contribution is 2.41. The van der Waals surface area contributed by atoms with Gasteiger partial charge in [0.1, 0.15) is 17.2 Å². The fourth-order valence-electron chi connectivity index (χ4n) is 6.19. The molecule has 47 heavy (non-hydrogen) atoms. The number of amides is 2. The van der Waals surface area contributed by atoms with E-state index in [1.807, 2.05) is 79.7 Å². The van der Waals surface area contributed by atoms with E-state index in [9.17, 15) is 9.59 Å². The maximum atomic E-state index is 14.4. The number of carbonyl (C=O) groups excluding carboxylic acids is 2. The van der Waals surface area contributed by atoms with Crippen molar-refractivity contribution >= 4 is 22.7 Å². The molecule has 2 amide bonds. The summed E-state index contributed by atoms with van der Waals surface area (Å²) in [6.45, 7) is 3.62. The molecule has 10 nitrogen and oxygen atoms in total. The molecule has 10 heteroatoms. The van der Waals surface area contributed by atoms with E-state index < -0.39 is 0 Å². The van der Waals surface area contributed by atoms with Crippen LogP contribution in [0.3, 0.4) is 0 Å². The number of likely N-dealkylation sites (tertiary alicyclic amines) is 1. The zero-order valence-corrected chi connectivity index (χ0v) is 27.9. The van der Waals surface area contributed by atoms with Crippen LogP contribution in [0.25, 0.3) is 10.9 Å². The molecule has 1 aliphatic heterocycles. The van der Waals surface area contributed by atoms with Crippen molar-refractivity contribution in [3.63, 3.8) is 0 Å². The number of fused-ring (bicyclic) bond motifs is 1. The fraction of sp³-hybridized carbons (Fsp3) is 0.405. The van der Waals surface area contributed by atoms with Crippen molar-refractivity contribution in [3.05, 3.63) is 95.2 Å². The Morgan fingerprint density at radius 1 is 0.872 bits per heavy atom. The number of hydrogen-bond acceptors (Lipinski definition) is 7. The van der Waals surface area contributed by atoms with Crippen molar-refractivity contribution < 1.29 is 28.5 Å². The molecule has 2 heterocycles. The largest absolute Gasteiger partial charge is 0.468 e. The summed E-state index contributed by atoms with van der Waals surface area (Å²) >= 11 is 0. The van der Waals surface area contributed by atoms with Gasteiger partial charge < -0.3 is 38.6 Å². The summed E-state index contributed by atoms with van der Waals surface area (Å²) in [6.07, 6.45) is 2.21. The molecule has 0 bridgehead atoms. The van der Waals surface area contributed by atoms with Crippen molar-refractivity contribution in [2.24, 2.45) is 0 Å². The predicted octanol–water partition coefficient (Wildman–Crippen LogP) is 5.09. The molecule has 0 saturated carbocycles. The number of nitrogens with one attached hydrogen (secondary N) is 1. The predicted molar refractivity (Wildman–Crippen MR) is 182 cm³/mol. The van der Waals surface area contributed by atoms with E-state index in [1.54, 1.807) is 14.2 Å². The molecule has 0 radical (unpaired) electrons. The first-order chi connectivity index (χ1) is 22.9. The number of para-hydroxylation sites is 1. The van der Waals surface area contributed by atoms with Gasteiger partial charge in [-0.25, -0.2) is 0 Å². The normalized spacial score (nSPS) is 13.2. The molecule has 250 valence electrons. The molecule has 1 N–H and O–H groups in total. The second-order valence-corrected chi connectivity index (χ2v) is 12.0. The van der Waals surface area contributed by atoms with Crippen LogP contribution in [0, 0.1) is 0 Å². The maximum Gasteiger partial charge on any atom is 0.268 e. The Hall–Kier alpha value is -4.38. The number of aromatic nitrogens is 1. The molecular formula is C37H46N4O6. The van der Waals surface area contributed by atoms with Gasteiger partial charge in [0.05, 0.1) is 0 Å². The molecule has 0 unspecified atom stereocenters. The van der Waals surface area contributed by atoms with Gasteiger partial charge in [-0.15, -0.1) is 0 Å². The second-order valence-electron chi connectivity index (χ2n) is 12.0. The summed E-state index contributed by atoms with van der Waals surface area (Å²) in [4.78, 5) is 30.5. The highest BCUT2D eigenvalue weighted by molar-refractivity contribution is 6.03. The summed E-state index contributed by atoms with van der Waals surface area (Å²) in [5, 5.41) is 4.23. The average molecular weight is 643 g/mol. The van der Waals surface area contributed by atoms with E-state index in [1.165, 1.54) is 0 Å². The molecule has 3 aromatic carbocycles. The summed E-state index contributed by atoms with van der Waals surface area (Å²) < 4.78 is 23.7. The summed E-state index contributed by atoms with van der Waals surface area (Å²) in [5.41, 5.74) is 4.59. The Balaban J connectivity index is 1.59. The van der Waals surface area contributed by atoms with Crippen LogP contribution < -0.4 is 14.8 Å². The first-order valence-corrected chi connectivity index (χ1v) is 16.2. The van der Waals surface area contributed by atoms with Crippen LogP contribution in [0.1, 0.15) is 52.4 Å². The van der Waals surface area contributed by atoms with Crippen molar-refractivity contribution in [1.29, 1.82) is 0 Å². The lowest BCUT2D eigenvalue weighted by molar-refractivity contribution is -0.127. The topological polar surface area (TPSA) is 94.5 Å². The zero-order chi connectivity index (χ0) is 33.2. The first kappa shape index (κ1) is 34.0. The minimum Gasteiger partial charge on any atom is -0.468 e. The number of carbonyl (C=O) groups is 2. The Labute approximate surface area is 277 Å². The number of methoxy groups -OCH3 is 2.